The predicted octanol–water partition coefficient (Wildman–Crippen LogP) is 3.11. The van der Waals surface area contributed by atoms with Crippen molar-refractivity contribution in [3.8, 4) is 11.5 Å². The molecule has 1 atom stereocenters. The number of carbonyl (C=O) groups excluding carboxylic acids is 2. The molecule has 0 heterocycles. The topological polar surface area (TPSA) is 117 Å². The molecular weight excluding hydrogens is 422 g/mol. The third-order valence-corrected chi connectivity index (χ3v) is 5.01. The fourth-order valence-corrected chi connectivity index (χ4v) is 3.22. The van der Waals surface area contributed by atoms with Gasteiger partial charge in [-0.15, -0.1) is 0 Å². The summed E-state index contributed by atoms with van der Waals surface area (Å²) in [5, 5.41) is 0. The highest BCUT2D eigenvalue weighted by Crippen LogP contribution is 2.29. The minimum absolute atomic E-state index is 0.0305. The summed E-state index contributed by atoms with van der Waals surface area (Å²) in [7, 11) is 1.55. The maximum Gasteiger partial charge on any atom is 0.315 e. The smallest absolute Gasteiger partial charge is 0.315 e. The van der Waals surface area contributed by atoms with E-state index in [0.717, 1.165) is 11.1 Å². The van der Waals surface area contributed by atoms with Crippen molar-refractivity contribution in [2.45, 2.75) is 39.8 Å². The van der Waals surface area contributed by atoms with Crippen LogP contribution in [-0.2, 0) is 22.5 Å². The Morgan fingerprint density at radius 2 is 1.73 bits per heavy atom. The van der Waals surface area contributed by atoms with E-state index in [1.807, 2.05) is 36.4 Å². The van der Waals surface area contributed by atoms with E-state index in [4.69, 9.17) is 25.7 Å². The number of benzene rings is 2. The first-order chi connectivity index (χ1) is 15.7. The van der Waals surface area contributed by atoms with Gasteiger partial charge in [0.1, 0.15) is 13.2 Å². The third-order valence-electron chi connectivity index (χ3n) is 5.01. The van der Waals surface area contributed by atoms with Gasteiger partial charge in [0, 0.05) is 13.1 Å². The van der Waals surface area contributed by atoms with Gasteiger partial charge in [0.15, 0.2) is 11.5 Å². The Morgan fingerprint density at radius 1 is 1.03 bits per heavy atom. The summed E-state index contributed by atoms with van der Waals surface area (Å²) in [6.07, 6.45) is 0.482. The number of rotatable bonds is 11. The van der Waals surface area contributed by atoms with Gasteiger partial charge in [-0.3, -0.25) is 4.79 Å². The van der Waals surface area contributed by atoms with Crippen LogP contribution in [0.3, 0.4) is 0 Å². The second-order valence-electron chi connectivity index (χ2n) is 8.78. The molecule has 2 aromatic carbocycles. The van der Waals surface area contributed by atoms with Crippen molar-refractivity contribution in [1.29, 1.82) is 0 Å². The van der Waals surface area contributed by atoms with Crippen LogP contribution in [0.25, 0.3) is 0 Å². The molecule has 0 aliphatic rings. The maximum absolute atomic E-state index is 12.5. The summed E-state index contributed by atoms with van der Waals surface area (Å²) in [6, 6.07) is 14.0. The Kier molecular flexibility index (Phi) is 9.54. The standard InChI is InChI=1S/C25H35N3O5/c1-25(2,3)23(29)33-17-20(14-18-8-6-5-7-9-18)28(24(27)30)16-19-10-11-21(32-13-12-26)22(15-19)31-4/h5-11,15,20H,12-14,16-17,26H2,1-4H3,(H2,27,30). The summed E-state index contributed by atoms with van der Waals surface area (Å²) in [6.45, 7) is 6.35. The number of ether oxygens (including phenoxy) is 3. The lowest BCUT2D eigenvalue weighted by Gasteiger charge is -2.31. The highest BCUT2D eigenvalue weighted by Gasteiger charge is 2.28. The van der Waals surface area contributed by atoms with Crippen molar-refractivity contribution in [1.82, 2.24) is 4.90 Å². The minimum atomic E-state index is -0.651. The van der Waals surface area contributed by atoms with E-state index in [-0.39, 0.29) is 19.1 Å². The molecular formula is C25H35N3O5. The summed E-state index contributed by atoms with van der Waals surface area (Å²) in [5.74, 6) is 0.759. The summed E-state index contributed by atoms with van der Waals surface area (Å²) in [4.78, 5) is 26.4. The van der Waals surface area contributed by atoms with Crippen molar-refractivity contribution >= 4 is 12.0 Å². The Balaban J connectivity index is 2.28. The number of primary amides is 1. The molecule has 2 aromatic rings. The number of nitrogens with two attached hydrogens (primary N) is 2. The number of esters is 1. The monoisotopic (exact) mass is 457 g/mol. The molecule has 8 heteroatoms. The molecule has 0 radical (unpaired) electrons. The van der Waals surface area contributed by atoms with Crippen LogP contribution in [0.15, 0.2) is 48.5 Å². The Hall–Kier alpha value is -3.26. The Morgan fingerprint density at radius 3 is 2.30 bits per heavy atom. The van der Waals surface area contributed by atoms with Gasteiger partial charge in [-0.2, -0.15) is 0 Å². The Bertz CT molecular complexity index is 912. The molecule has 0 saturated heterocycles. The highest BCUT2D eigenvalue weighted by atomic mass is 16.5. The van der Waals surface area contributed by atoms with Crippen molar-refractivity contribution in [2.24, 2.45) is 16.9 Å². The van der Waals surface area contributed by atoms with Gasteiger partial charge in [0.25, 0.3) is 0 Å². The first kappa shape index (κ1) is 26.0. The van der Waals surface area contributed by atoms with Crippen molar-refractivity contribution in [2.75, 3.05) is 26.9 Å². The van der Waals surface area contributed by atoms with Gasteiger partial charge < -0.3 is 30.6 Å². The number of nitrogens with zero attached hydrogens (tertiary/aromatic N) is 1. The molecule has 33 heavy (non-hydrogen) atoms. The van der Waals surface area contributed by atoms with Gasteiger partial charge >= 0.3 is 12.0 Å². The second kappa shape index (κ2) is 12.1. The normalized spacial score (nSPS) is 12.0. The van der Waals surface area contributed by atoms with Gasteiger partial charge in [-0.1, -0.05) is 36.4 Å². The predicted molar refractivity (Wildman–Crippen MR) is 127 cm³/mol. The maximum atomic E-state index is 12.5. The first-order valence-electron chi connectivity index (χ1n) is 10.9. The Labute approximate surface area is 195 Å². The lowest BCUT2D eigenvalue weighted by molar-refractivity contribution is -0.154. The number of urea groups is 1. The molecule has 0 aliphatic heterocycles. The number of amides is 2. The SMILES string of the molecule is COc1cc(CN(C(N)=O)C(COC(=O)C(C)(C)C)Cc2ccccc2)ccc1OCCN. The molecule has 0 saturated carbocycles. The van der Waals surface area contributed by atoms with E-state index in [2.05, 4.69) is 0 Å². The molecule has 2 rings (SSSR count). The van der Waals surface area contributed by atoms with E-state index in [1.54, 1.807) is 40.0 Å². The molecule has 1 unspecified atom stereocenters. The van der Waals surface area contributed by atoms with E-state index < -0.39 is 17.5 Å². The molecule has 0 spiro atoms. The molecule has 0 fully saturated rings. The van der Waals surface area contributed by atoms with Crippen LogP contribution in [0.4, 0.5) is 4.79 Å². The van der Waals surface area contributed by atoms with Crippen LogP contribution in [0.5, 0.6) is 11.5 Å². The molecule has 2 amide bonds. The zero-order valence-corrected chi connectivity index (χ0v) is 19.9. The summed E-state index contributed by atoms with van der Waals surface area (Å²) >= 11 is 0. The molecule has 4 N–H and O–H groups in total. The molecule has 8 nitrogen and oxygen atoms in total. The average molecular weight is 458 g/mol. The van der Waals surface area contributed by atoms with Crippen molar-refractivity contribution in [3.05, 3.63) is 59.7 Å². The lowest BCUT2D eigenvalue weighted by Crippen LogP contribution is -2.47. The van der Waals surface area contributed by atoms with E-state index in [0.29, 0.717) is 31.1 Å². The quantitative estimate of drug-likeness (QED) is 0.501. The lowest BCUT2D eigenvalue weighted by atomic mass is 9.97. The average Bonchev–Trinajstić information content (AvgIpc) is 2.78. The van der Waals surface area contributed by atoms with Crippen LogP contribution >= 0.6 is 0 Å². The zero-order valence-electron chi connectivity index (χ0n) is 19.9. The fourth-order valence-electron chi connectivity index (χ4n) is 3.22. The van der Waals surface area contributed by atoms with Gasteiger partial charge in [0.05, 0.1) is 18.6 Å². The fraction of sp³-hybridized carbons (Fsp3) is 0.440. The van der Waals surface area contributed by atoms with Crippen LogP contribution in [0.2, 0.25) is 0 Å². The minimum Gasteiger partial charge on any atom is -0.493 e. The number of methoxy groups -OCH3 is 1. The van der Waals surface area contributed by atoms with Crippen LogP contribution in [0, 0.1) is 5.41 Å². The largest absolute Gasteiger partial charge is 0.493 e. The van der Waals surface area contributed by atoms with Crippen molar-refractivity contribution < 1.29 is 23.8 Å². The molecule has 0 aliphatic carbocycles. The third kappa shape index (κ3) is 7.98. The molecule has 0 aromatic heterocycles. The summed E-state index contributed by atoms with van der Waals surface area (Å²) in [5.41, 5.74) is 12.4. The van der Waals surface area contributed by atoms with Gasteiger partial charge in [-0.05, 0) is 50.5 Å². The van der Waals surface area contributed by atoms with E-state index >= 15 is 0 Å². The van der Waals surface area contributed by atoms with Crippen molar-refractivity contribution in [3.63, 3.8) is 0 Å². The number of hydrogen-bond acceptors (Lipinski definition) is 6. The van der Waals surface area contributed by atoms with Crippen LogP contribution in [0.1, 0.15) is 31.9 Å². The summed E-state index contributed by atoms with van der Waals surface area (Å²) < 4.78 is 16.6. The van der Waals surface area contributed by atoms with E-state index in [1.165, 1.54) is 4.90 Å². The molecule has 180 valence electrons. The number of hydrogen-bond donors (Lipinski definition) is 2. The van der Waals surface area contributed by atoms with Crippen LogP contribution < -0.4 is 20.9 Å². The molecule has 0 bridgehead atoms. The zero-order chi connectivity index (χ0) is 24.4. The van der Waals surface area contributed by atoms with Gasteiger partial charge in [-0.25, -0.2) is 4.79 Å². The first-order valence-corrected chi connectivity index (χ1v) is 10.9. The second-order valence-corrected chi connectivity index (χ2v) is 8.78. The van der Waals surface area contributed by atoms with Crippen LogP contribution in [-0.4, -0.2) is 49.8 Å². The highest BCUT2D eigenvalue weighted by molar-refractivity contribution is 5.75. The number of carbonyl (C=O) groups is 2. The van der Waals surface area contributed by atoms with E-state index in [9.17, 15) is 9.59 Å². The van der Waals surface area contributed by atoms with Gasteiger partial charge in [0.2, 0.25) is 0 Å².